The first kappa shape index (κ1) is 19.3. The molecule has 1 aliphatic carbocycles. The molecule has 146 valence electrons. The summed E-state index contributed by atoms with van der Waals surface area (Å²) in [5, 5.41) is 16.1. The van der Waals surface area contributed by atoms with Crippen LogP contribution in [0, 0.1) is 12.7 Å². The highest BCUT2D eigenvalue weighted by Gasteiger charge is 2.34. The molecule has 1 aliphatic rings. The van der Waals surface area contributed by atoms with E-state index in [0.717, 1.165) is 18.9 Å². The lowest BCUT2D eigenvalue weighted by atomic mass is 9.93. The highest BCUT2D eigenvalue weighted by Crippen LogP contribution is 2.34. The maximum atomic E-state index is 13.8. The summed E-state index contributed by atoms with van der Waals surface area (Å²) in [6.07, 6.45) is -2.60. The Kier molecular flexibility index (Phi) is 5.23. The minimum absolute atomic E-state index is 0.0228. The number of amides is 1. The number of aliphatic hydroxyl groups excluding tert-OH is 1. The van der Waals surface area contributed by atoms with E-state index in [1.165, 1.54) is 6.92 Å². The van der Waals surface area contributed by atoms with Crippen LogP contribution >= 0.6 is 0 Å². The predicted octanol–water partition coefficient (Wildman–Crippen LogP) is 3.84. The van der Waals surface area contributed by atoms with Gasteiger partial charge in [0.1, 0.15) is 5.82 Å². The Morgan fingerprint density at radius 1 is 1.33 bits per heavy atom. The van der Waals surface area contributed by atoms with Gasteiger partial charge in [0, 0.05) is 17.2 Å². The van der Waals surface area contributed by atoms with Gasteiger partial charge in [-0.2, -0.15) is 13.2 Å². The predicted molar refractivity (Wildman–Crippen MR) is 87.4 cm³/mol. The topological polar surface area (TPSA) is 75.4 Å². The van der Waals surface area contributed by atoms with Crippen molar-refractivity contribution in [2.24, 2.45) is 0 Å². The Bertz CT molecular complexity index is 848. The van der Waals surface area contributed by atoms with Gasteiger partial charge in [-0.1, -0.05) is 11.2 Å². The summed E-state index contributed by atoms with van der Waals surface area (Å²) in [5.74, 6) is -1.91. The summed E-state index contributed by atoms with van der Waals surface area (Å²) in [5.41, 5.74) is -1.05. The Morgan fingerprint density at radius 2 is 2.07 bits per heavy atom. The molecule has 2 atom stereocenters. The molecule has 9 heteroatoms. The SMILES string of the molecule is Cc1c(C(=O)N[C@@H]2CCC[C@H](O)C2)noc1-c1ccc(C(F)(F)F)c(F)c1. The minimum Gasteiger partial charge on any atom is -0.393 e. The quantitative estimate of drug-likeness (QED) is 0.786. The van der Waals surface area contributed by atoms with Crippen LogP contribution in [0.1, 0.15) is 47.3 Å². The van der Waals surface area contributed by atoms with Crippen molar-refractivity contribution in [3.63, 3.8) is 0 Å². The van der Waals surface area contributed by atoms with E-state index in [4.69, 9.17) is 4.52 Å². The van der Waals surface area contributed by atoms with Gasteiger partial charge in [-0.3, -0.25) is 4.79 Å². The van der Waals surface area contributed by atoms with Crippen molar-refractivity contribution in [1.82, 2.24) is 10.5 Å². The third kappa shape index (κ3) is 4.13. The van der Waals surface area contributed by atoms with Crippen LogP contribution in [0.3, 0.4) is 0 Å². The molecule has 0 saturated heterocycles. The van der Waals surface area contributed by atoms with Gasteiger partial charge in [0.2, 0.25) is 0 Å². The first-order chi connectivity index (χ1) is 12.7. The van der Waals surface area contributed by atoms with Crippen molar-refractivity contribution in [3.8, 4) is 11.3 Å². The molecular weight excluding hydrogens is 368 g/mol. The van der Waals surface area contributed by atoms with E-state index in [9.17, 15) is 27.5 Å². The fourth-order valence-electron chi connectivity index (χ4n) is 3.25. The fraction of sp³-hybridized carbons (Fsp3) is 0.444. The number of alkyl halides is 3. The molecule has 0 radical (unpaired) electrons. The lowest BCUT2D eigenvalue weighted by Gasteiger charge is -2.26. The second-order valence-electron chi connectivity index (χ2n) is 6.67. The van der Waals surface area contributed by atoms with Crippen molar-refractivity contribution in [2.45, 2.75) is 50.9 Å². The number of carbonyl (C=O) groups is 1. The van der Waals surface area contributed by atoms with Gasteiger partial charge in [0.15, 0.2) is 11.5 Å². The molecule has 5 nitrogen and oxygen atoms in total. The summed E-state index contributed by atoms with van der Waals surface area (Å²) in [6, 6.07) is 2.20. The molecule has 3 rings (SSSR count). The van der Waals surface area contributed by atoms with E-state index in [1.54, 1.807) is 0 Å². The van der Waals surface area contributed by atoms with Crippen LogP contribution in [0.15, 0.2) is 22.7 Å². The van der Waals surface area contributed by atoms with Crippen molar-refractivity contribution in [3.05, 3.63) is 40.8 Å². The van der Waals surface area contributed by atoms with Crippen LogP contribution in [0.2, 0.25) is 0 Å². The Hall–Kier alpha value is -2.42. The molecule has 2 N–H and O–H groups in total. The smallest absolute Gasteiger partial charge is 0.393 e. The van der Waals surface area contributed by atoms with Crippen LogP contribution in [0.4, 0.5) is 17.6 Å². The lowest BCUT2D eigenvalue weighted by molar-refractivity contribution is -0.139. The van der Waals surface area contributed by atoms with E-state index in [0.29, 0.717) is 30.5 Å². The summed E-state index contributed by atoms with van der Waals surface area (Å²) in [7, 11) is 0. The number of nitrogens with zero attached hydrogens (tertiary/aromatic N) is 1. The first-order valence-electron chi connectivity index (χ1n) is 8.49. The fourth-order valence-corrected chi connectivity index (χ4v) is 3.25. The van der Waals surface area contributed by atoms with Crippen LogP contribution in [0.5, 0.6) is 0 Å². The van der Waals surface area contributed by atoms with Crippen molar-refractivity contribution < 1.29 is 32.0 Å². The Balaban J connectivity index is 1.81. The highest BCUT2D eigenvalue weighted by molar-refractivity contribution is 5.95. The molecule has 0 bridgehead atoms. The molecule has 2 aromatic rings. The first-order valence-corrected chi connectivity index (χ1v) is 8.49. The Morgan fingerprint density at radius 3 is 2.70 bits per heavy atom. The van der Waals surface area contributed by atoms with Crippen LogP contribution in [0.25, 0.3) is 11.3 Å². The molecule has 0 unspecified atom stereocenters. The zero-order valence-corrected chi connectivity index (χ0v) is 14.4. The summed E-state index contributed by atoms with van der Waals surface area (Å²) in [4.78, 5) is 12.4. The molecule has 0 aliphatic heterocycles. The second kappa shape index (κ2) is 7.30. The molecule has 1 aromatic carbocycles. The van der Waals surface area contributed by atoms with E-state index in [-0.39, 0.29) is 23.1 Å². The average molecular weight is 386 g/mol. The van der Waals surface area contributed by atoms with E-state index in [2.05, 4.69) is 10.5 Å². The number of rotatable bonds is 3. The van der Waals surface area contributed by atoms with Gasteiger partial charge in [-0.15, -0.1) is 0 Å². The molecule has 1 saturated carbocycles. The second-order valence-corrected chi connectivity index (χ2v) is 6.67. The van der Waals surface area contributed by atoms with Crippen molar-refractivity contribution >= 4 is 5.91 Å². The van der Waals surface area contributed by atoms with E-state index < -0.39 is 29.6 Å². The Labute approximate surface area is 152 Å². The molecule has 1 fully saturated rings. The van der Waals surface area contributed by atoms with Crippen LogP contribution in [-0.2, 0) is 6.18 Å². The van der Waals surface area contributed by atoms with Crippen LogP contribution in [-0.4, -0.2) is 28.3 Å². The third-order valence-corrected chi connectivity index (χ3v) is 4.66. The minimum atomic E-state index is -4.80. The van der Waals surface area contributed by atoms with Gasteiger partial charge in [0.05, 0.1) is 11.7 Å². The monoisotopic (exact) mass is 386 g/mol. The number of hydrogen-bond acceptors (Lipinski definition) is 4. The zero-order chi connectivity index (χ0) is 19.8. The van der Waals surface area contributed by atoms with Gasteiger partial charge < -0.3 is 14.9 Å². The molecule has 1 amide bonds. The average Bonchev–Trinajstić information content (AvgIpc) is 2.95. The highest BCUT2D eigenvalue weighted by atomic mass is 19.4. The number of nitrogens with one attached hydrogen (secondary N) is 1. The van der Waals surface area contributed by atoms with Gasteiger partial charge in [-0.25, -0.2) is 4.39 Å². The van der Waals surface area contributed by atoms with E-state index >= 15 is 0 Å². The maximum Gasteiger partial charge on any atom is 0.419 e. The number of aliphatic hydroxyl groups is 1. The summed E-state index contributed by atoms with van der Waals surface area (Å²) in [6.45, 7) is 1.52. The standard InChI is InChI=1S/C18H18F4N2O3/c1-9-15(17(26)23-11-3-2-4-12(25)8-11)24-27-16(9)10-5-6-13(14(19)7-10)18(20,21)22/h5-7,11-12,25H,2-4,8H2,1H3,(H,23,26)/t11-,12+/m1/s1. The van der Waals surface area contributed by atoms with Crippen molar-refractivity contribution in [2.75, 3.05) is 0 Å². The van der Waals surface area contributed by atoms with Gasteiger partial charge in [-0.05, 0) is 44.7 Å². The molecular formula is C18H18F4N2O3. The van der Waals surface area contributed by atoms with Gasteiger partial charge >= 0.3 is 6.18 Å². The van der Waals surface area contributed by atoms with E-state index in [1.807, 2.05) is 0 Å². The van der Waals surface area contributed by atoms with Crippen LogP contribution < -0.4 is 5.32 Å². The summed E-state index contributed by atoms with van der Waals surface area (Å²) < 4.78 is 56.9. The summed E-state index contributed by atoms with van der Waals surface area (Å²) >= 11 is 0. The number of halogens is 4. The lowest BCUT2D eigenvalue weighted by Crippen LogP contribution is -2.40. The molecule has 27 heavy (non-hydrogen) atoms. The third-order valence-electron chi connectivity index (χ3n) is 4.66. The molecule has 1 heterocycles. The zero-order valence-electron chi connectivity index (χ0n) is 14.4. The molecule has 0 spiro atoms. The number of benzene rings is 1. The number of aromatic nitrogens is 1. The maximum absolute atomic E-state index is 13.8. The molecule has 1 aromatic heterocycles. The van der Waals surface area contributed by atoms with Crippen molar-refractivity contribution in [1.29, 1.82) is 0 Å². The normalized spacial score (nSPS) is 20.5. The van der Waals surface area contributed by atoms with Gasteiger partial charge in [0.25, 0.3) is 5.91 Å². The number of hydrogen-bond donors (Lipinski definition) is 2. The largest absolute Gasteiger partial charge is 0.419 e. The number of carbonyl (C=O) groups excluding carboxylic acids is 1.